The third-order valence-electron chi connectivity index (χ3n) is 4.54. The molecule has 1 N–H and O–H groups in total. The van der Waals surface area contributed by atoms with Gasteiger partial charge in [0.1, 0.15) is 5.75 Å². The summed E-state index contributed by atoms with van der Waals surface area (Å²) in [5.41, 5.74) is 3.42. The lowest BCUT2D eigenvalue weighted by Gasteiger charge is -2.23. The van der Waals surface area contributed by atoms with Crippen molar-refractivity contribution in [1.29, 1.82) is 0 Å². The molecule has 1 aliphatic rings. The maximum atomic E-state index is 14.2. The number of ether oxygens (including phenoxy) is 2. The molecule has 2 aromatic rings. The molecule has 0 fully saturated rings. The van der Waals surface area contributed by atoms with Gasteiger partial charge in [-0.05, 0) is 53.4 Å². The summed E-state index contributed by atoms with van der Waals surface area (Å²) in [7, 11) is 1.54. The van der Waals surface area contributed by atoms with Gasteiger partial charge in [0.25, 0.3) is 0 Å². The van der Waals surface area contributed by atoms with Gasteiger partial charge in [-0.2, -0.15) is 0 Å². The first-order chi connectivity index (χ1) is 12.5. The molecule has 0 saturated carbocycles. The number of esters is 1. The van der Waals surface area contributed by atoms with E-state index in [1.54, 1.807) is 13.2 Å². The number of methoxy groups -OCH3 is 1. The average Bonchev–Trinajstić information content (AvgIpc) is 2.64. The molecule has 0 unspecified atom stereocenters. The fourth-order valence-corrected chi connectivity index (χ4v) is 3.28. The standard InChI is InChI=1S/C20H21F2NO3/c1-12(24)26-8-6-13-3-4-19(25-2)16(9-13)15-10-18(21)20(22)14-5-7-23-11-17(14)15/h3-4,9-10,23H,5-8,11H2,1-2H3. The van der Waals surface area contributed by atoms with Crippen molar-refractivity contribution in [2.45, 2.75) is 26.3 Å². The first kappa shape index (κ1) is 18.3. The second-order valence-corrected chi connectivity index (χ2v) is 6.23. The predicted octanol–water partition coefficient (Wildman–Crippen LogP) is 3.39. The van der Waals surface area contributed by atoms with Crippen molar-refractivity contribution in [3.8, 4) is 16.9 Å². The van der Waals surface area contributed by atoms with E-state index >= 15 is 0 Å². The molecule has 0 aromatic heterocycles. The Kier molecular flexibility index (Phi) is 5.52. The topological polar surface area (TPSA) is 47.6 Å². The molecule has 0 atom stereocenters. The normalized spacial score (nSPS) is 13.2. The lowest BCUT2D eigenvalue weighted by atomic mass is 9.90. The number of halogens is 2. The molecule has 1 aliphatic heterocycles. The maximum Gasteiger partial charge on any atom is 0.302 e. The minimum atomic E-state index is -0.854. The highest BCUT2D eigenvalue weighted by Gasteiger charge is 2.23. The van der Waals surface area contributed by atoms with E-state index in [-0.39, 0.29) is 12.6 Å². The van der Waals surface area contributed by atoms with Crippen molar-refractivity contribution >= 4 is 5.97 Å². The summed E-state index contributed by atoms with van der Waals surface area (Å²) in [5.74, 6) is -1.37. The summed E-state index contributed by atoms with van der Waals surface area (Å²) >= 11 is 0. The van der Waals surface area contributed by atoms with E-state index in [0.29, 0.717) is 48.4 Å². The zero-order chi connectivity index (χ0) is 18.7. The minimum absolute atomic E-state index is 0.262. The summed E-state index contributed by atoms with van der Waals surface area (Å²) in [6, 6.07) is 6.78. The van der Waals surface area contributed by atoms with Crippen molar-refractivity contribution < 1.29 is 23.0 Å². The van der Waals surface area contributed by atoms with Crippen LogP contribution in [0.1, 0.15) is 23.6 Å². The van der Waals surface area contributed by atoms with Crippen molar-refractivity contribution in [1.82, 2.24) is 5.32 Å². The molecular weight excluding hydrogens is 340 g/mol. The quantitative estimate of drug-likeness (QED) is 0.830. The Morgan fingerprint density at radius 1 is 1.19 bits per heavy atom. The van der Waals surface area contributed by atoms with Gasteiger partial charge >= 0.3 is 5.97 Å². The van der Waals surface area contributed by atoms with E-state index in [9.17, 15) is 13.6 Å². The molecule has 0 saturated heterocycles. The van der Waals surface area contributed by atoms with Gasteiger partial charge in [0.05, 0.1) is 13.7 Å². The Labute approximate surface area is 151 Å². The van der Waals surface area contributed by atoms with Gasteiger partial charge in [-0.3, -0.25) is 4.79 Å². The van der Waals surface area contributed by atoms with E-state index in [4.69, 9.17) is 9.47 Å². The largest absolute Gasteiger partial charge is 0.496 e. The van der Waals surface area contributed by atoms with Crippen LogP contribution in [0.4, 0.5) is 8.78 Å². The predicted molar refractivity (Wildman–Crippen MR) is 94.1 cm³/mol. The van der Waals surface area contributed by atoms with E-state index in [2.05, 4.69) is 5.32 Å². The molecule has 3 rings (SSSR count). The van der Waals surface area contributed by atoms with Gasteiger partial charge in [-0.1, -0.05) is 6.07 Å². The Balaban J connectivity index is 2.05. The first-order valence-corrected chi connectivity index (χ1v) is 8.52. The molecule has 0 amide bonds. The summed E-state index contributed by atoms with van der Waals surface area (Å²) in [5, 5.41) is 3.21. The molecule has 2 aromatic carbocycles. The summed E-state index contributed by atoms with van der Waals surface area (Å²) in [6.07, 6.45) is 0.973. The summed E-state index contributed by atoms with van der Waals surface area (Å²) in [4.78, 5) is 10.9. The van der Waals surface area contributed by atoms with Crippen LogP contribution in [-0.4, -0.2) is 26.2 Å². The fraction of sp³-hybridized carbons (Fsp3) is 0.350. The molecule has 4 nitrogen and oxygen atoms in total. The highest BCUT2D eigenvalue weighted by atomic mass is 19.2. The number of hydrogen-bond acceptors (Lipinski definition) is 4. The third kappa shape index (κ3) is 3.70. The third-order valence-corrected chi connectivity index (χ3v) is 4.54. The molecule has 0 spiro atoms. The number of rotatable bonds is 5. The monoisotopic (exact) mass is 361 g/mol. The molecule has 6 heteroatoms. The van der Waals surface area contributed by atoms with Crippen LogP contribution in [0.25, 0.3) is 11.1 Å². The van der Waals surface area contributed by atoms with Crippen molar-refractivity contribution in [3.63, 3.8) is 0 Å². The number of carbonyl (C=O) groups is 1. The number of hydrogen-bond donors (Lipinski definition) is 1. The Morgan fingerprint density at radius 3 is 2.73 bits per heavy atom. The van der Waals surface area contributed by atoms with E-state index in [0.717, 1.165) is 11.1 Å². The lowest BCUT2D eigenvalue weighted by molar-refractivity contribution is -0.140. The number of carbonyl (C=O) groups excluding carboxylic acids is 1. The van der Waals surface area contributed by atoms with Crippen molar-refractivity contribution in [2.24, 2.45) is 0 Å². The van der Waals surface area contributed by atoms with Crippen LogP contribution in [0.5, 0.6) is 5.75 Å². The van der Waals surface area contributed by atoms with E-state index in [1.807, 2.05) is 12.1 Å². The zero-order valence-electron chi connectivity index (χ0n) is 14.8. The van der Waals surface area contributed by atoms with Crippen LogP contribution in [0.15, 0.2) is 24.3 Å². The number of benzene rings is 2. The second-order valence-electron chi connectivity index (χ2n) is 6.23. The Morgan fingerprint density at radius 2 is 2.00 bits per heavy atom. The first-order valence-electron chi connectivity index (χ1n) is 8.52. The second kappa shape index (κ2) is 7.83. The van der Waals surface area contributed by atoms with E-state index in [1.165, 1.54) is 13.0 Å². The molecule has 26 heavy (non-hydrogen) atoms. The maximum absolute atomic E-state index is 14.2. The van der Waals surface area contributed by atoms with Crippen LogP contribution in [0.3, 0.4) is 0 Å². The SMILES string of the molecule is COc1ccc(CCOC(C)=O)cc1-c1cc(F)c(F)c2c1CNCC2. The van der Waals surface area contributed by atoms with Crippen molar-refractivity contribution in [3.05, 3.63) is 52.6 Å². The minimum Gasteiger partial charge on any atom is -0.496 e. The van der Waals surface area contributed by atoms with E-state index < -0.39 is 11.6 Å². The Bertz CT molecular complexity index is 836. The molecule has 138 valence electrons. The van der Waals surface area contributed by atoms with Crippen LogP contribution in [0.2, 0.25) is 0 Å². The number of fused-ring (bicyclic) bond motifs is 1. The van der Waals surface area contributed by atoms with Gasteiger partial charge in [-0.15, -0.1) is 0 Å². The molecular formula is C20H21F2NO3. The highest BCUT2D eigenvalue weighted by molar-refractivity contribution is 5.75. The van der Waals surface area contributed by atoms with Gasteiger partial charge in [0, 0.05) is 25.5 Å². The van der Waals surface area contributed by atoms with Gasteiger partial charge in [0.15, 0.2) is 11.6 Å². The molecule has 0 radical (unpaired) electrons. The average molecular weight is 361 g/mol. The van der Waals surface area contributed by atoms with Crippen molar-refractivity contribution in [2.75, 3.05) is 20.3 Å². The summed E-state index contributed by atoms with van der Waals surface area (Å²) in [6.45, 7) is 2.72. The fourth-order valence-electron chi connectivity index (χ4n) is 3.28. The van der Waals surface area contributed by atoms with Crippen LogP contribution >= 0.6 is 0 Å². The molecule has 0 bridgehead atoms. The van der Waals surface area contributed by atoms with Gasteiger partial charge < -0.3 is 14.8 Å². The zero-order valence-corrected chi connectivity index (χ0v) is 14.8. The molecule has 1 heterocycles. The van der Waals surface area contributed by atoms with Crippen LogP contribution < -0.4 is 10.1 Å². The number of nitrogens with one attached hydrogen (secondary N) is 1. The van der Waals surface area contributed by atoms with Gasteiger partial charge in [0.2, 0.25) is 0 Å². The van der Waals surface area contributed by atoms with Crippen LogP contribution in [-0.2, 0) is 28.9 Å². The Hall–Kier alpha value is -2.47. The smallest absolute Gasteiger partial charge is 0.302 e. The van der Waals surface area contributed by atoms with Crippen LogP contribution in [0, 0.1) is 11.6 Å². The summed E-state index contributed by atoms with van der Waals surface area (Å²) < 4.78 is 38.8. The van der Waals surface area contributed by atoms with Gasteiger partial charge in [-0.25, -0.2) is 8.78 Å². The molecule has 0 aliphatic carbocycles. The lowest BCUT2D eigenvalue weighted by Crippen LogP contribution is -2.25. The highest BCUT2D eigenvalue weighted by Crippen LogP contribution is 2.37.